The van der Waals surface area contributed by atoms with Crippen molar-refractivity contribution in [3.8, 4) is 11.3 Å². The maximum atomic E-state index is 11.5. The van der Waals surface area contributed by atoms with E-state index in [0.29, 0.717) is 28.7 Å². The standard InChI is InChI=1S/C13H7NO4/c15-6-8-2-4-11(18-8)7-1-3-9-10(5-7)13(17)14-12(9)16/h1-6H,(H,14,16,17). The first-order valence-corrected chi connectivity index (χ1v) is 5.24. The van der Waals surface area contributed by atoms with Gasteiger partial charge in [-0.1, -0.05) is 6.07 Å². The summed E-state index contributed by atoms with van der Waals surface area (Å²) in [6.07, 6.45) is 0.604. The molecule has 0 unspecified atom stereocenters. The van der Waals surface area contributed by atoms with Gasteiger partial charge in [-0.15, -0.1) is 0 Å². The monoisotopic (exact) mass is 241 g/mol. The van der Waals surface area contributed by atoms with Crippen molar-refractivity contribution in [3.05, 3.63) is 47.2 Å². The van der Waals surface area contributed by atoms with Crippen LogP contribution in [0.2, 0.25) is 0 Å². The van der Waals surface area contributed by atoms with Crippen molar-refractivity contribution >= 4 is 18.1 Å². The van der Waals surface area contributed by atoms with Crippen LogP contribution in [0, 0.1) is 0 Å². The number of imide groups is 1. The van der Waals surface area contributed by atoms with E-state index >= 15 is 0 Å². The summed E-state index contributed by atoms with van der Waals surface area (Å²) in [5.41, 5.74) is 1.32. The zero-order valence-corrected chi connectivity index (χ0v) is 9.10. The third-order valence-electron chi connectivity index (χ3n) is 2.76. The molecule has 1 N–H and O–H groups in total. The fraction of sp³-hybridized carbons (Fsp3) is 0. The van der Waals surface area contributed by atoms with Gasteiger partial charge in [-0.25, -0.2) is 0 Å². The van der Waals surface area contributed by atoms with Gasteiger partial charge in [0.05, 0.1) is 11.1 Å². The van der Waals surface area contributed by atoms with Gasteiger partial charge < -0.3 is 4.42 Å². The number of hydrogen-bond acceptors (Lipinski definition) is 4. The zero-order chi connectivity index (χ0) is 12.7. The number of furan rings is 1. The van der Waals surface area contributed by atoms with Gasteiger partial charge in [0, 0.05) is 5.56 Å². The van der Waals surface area contributed by atoms with E-state index in [1.807, 2.05) is 0 Å². The van der Waals surface area contributed by atoms with Crippen molar-refractivity contribution in [2.45, 2.75) is 0 Å². The van der Waals surface area contributed by atoms with E-state index < -0.39 is 11.8 Å². The number of amides is 2. The van der Waals surface area contributed by atoms with Crippen molar-refractivity contribution < 1.29 is 18.8 Å². The largest absolute Gasteiger partial charge is 0.453 e. The molecule has 0 fully saturated rings. The van der Waals surface area contributed by atoms with E-state index in [1.54, 1.807) is 30.3 Å². The number of nitrogens with one attached hydrogen (secondary N) is 1. The molecule has 0 radical (unpaired) electrons. The van der Waals surface area contributed by atoms with Crippen LogP contribution in [0.1, 0.15) is 31.3 Å². The Morgan fingerprint density at radius 1 is 1.00 bits per heavy atom. The number of carbonyl (C=O) groups is 3. The quantitative estimate of drug-likeness (QED) is 0.640. The SMILES string of the molecule is O=Cc1ccc(-c2ccc3c(c2)C(=O)NC3=O)o1. The fourth-order valence-corrected chi connectivity index (χ4v) is 1.89. The maximum Gasteiger partial charge on any atom is 0.258 e. The third kappa shape index (κ3) is 1.45. The number of rotatable bonds is 2. The van der Waals surface area contributed by atoms with Gasteiger partial charge in [0.15, 0.2) is 12.0 Å². The van der Waals surface area contributed by atoms with Crippen LogP contribution in [0.15, 0.2) is 34.7 Å². The van der Waals surface area contributed by atoms with Crippen molar-refractivity contribution in [1.29, 1.82) is 0 Å². The second kappa shape index (κ2) is 3.66. The van der Waals surface area contributed by atoms with Crippen molar-refractivity contribution in [3.63, 3.8) is 0 Å². The van der Waals surface area contributed by atoms with E-state index in [0.717, 1.165) is 0 Å². The lowest BCUT2D eigenvalue weighted by atomic mass is 10.0. The highest BCUT2D eigenvalue weighted by molar-refractivity contribution is 6.21. The molecular formula is C13H7NO4. The molecule has 5 heteroatoms. The highest BCUT2D eigenvalue weighted by Gasteiger charge is 2.27. The molecule has 1 aromatic carbocycles. The van der Waals surface area contributed by atoms with Crippen LogP contribution in [0.3, 0.4) is 0 Å². The van der Waals surface area contributed by atoms with E-state index in [9.17, 15) is 14.4 Å². The van der Waals surface area contributed by atoms with Crippen LogP contribution in [0.4, 0.5) is 0 Å². The van der Waals surface area contributed by atoms with Crippen LogP contribution in [0.25, 0.3) is 11.3 Å². The number of benzene rings is 1. The lowest BCUT2D eigenvalue weighted by Gasteiger charge is -1.99. The van der Waals surface area contributed by atoms with Gasteiger partial charge in [-0.3, -0.25) is 19.7 Å². The predicted molar refractivity (Wildman–Crippen MR) is 61.3 cm³/mol. The molecule has 2 heterocycles. The van der Waals surface area contributed by atoms with Crippen LogP contribution in [0.5, 0.6) is 0 Å². The highest BCUT2D eigenvalue weighted by Crippen LogP contribution is 2.26. The van der Waals surface area contributed by atoms with Crippen LogP contribution in [-0.4, -0.2) is 18.1 Å². The first-order valence-electron chi connectivity index (χ1n) is 5.24. The lowest BCUT2D eigenvalue weighted by Crippen LogP contribution is -2.19. The summed E-state index contributed by atoms with van der Waals surface area (Å²) in [6.45, 7) is 0. The van der Waals surface area contributed by atoms with E-state index in [2.05, 4.69) is 5.32 Å². The van der Waals surface area contributed by atoms with Crippen LogP contribution < -0.4 is 5.32 Å². The molecular weight excluding hydrogens is 234 g/mol. The van der Waals surface area contributed by atoms with Crippen molar-refractivity contribution in [1.82, 2.24) is 5.32 Å². The first kappa shape index (κ1) is 10.5. The second-order valence-electron chi connectivity index (χ2n) is 3.86. The molecule has 5 nitrogen and oxygen atoms in total. The van der Waals surface area contributed by atoms with Gasteiger partial charge in [0.1, 0.15) is 5.76 Å². The van der Waals surface area contributed by atoms with Crippen molar-refractivity contribution in [2.75, 3.05) is 0 Å². The van der Waals surface area contributed by atoms with Gasteiger partial charge in [-0.05, 0) is 24.3 Å². The molecule has 0 aliphatic carbocycles. The average Bonchev–Trinajstić information content (AvgIpc) is 2.95. The molecule has 0 saturated heterocycles. The minimum absolute atomic E-state index is 0.214. The summed E-state index contributed by atoms with van der Waals surface area (Å²) in [5, 5.41) is 2.21. The summed E-state index contributed by atoms with van der Waals surface area (Å²) in [4.78, 5) is 33.4. The number of carbonyl (C=O) groups excluding carboxylic acids is 3. The molecule has 0 atom stereocenters. The molecule has 1 aromatic heterocycles. The third-order valence-corrected chi connectivity index (χ3v) is 2.76. The molecule has 1 aliphatic heterocycles. The molecule has 88 valence electrons. The molecule has 0 bridgehead atoms. The summed E-state index contributed by atoms with van der Waals surface area (Å²) in [5.74, 6) is -0.119. The van der Waals surface area contributed by atoms with E-state index in [-0.39, 0.29) is 5.76 Å². The highest BCUT2D eigenvalue weighted by atomic mass is 16.3. The van der Waals surface area contributed by atoms with Gasteiger partial charge in [0.25, 0.3) is 11.8 Å². The molecule has 2 aromatic rings. The number of hydrogen-bond donors (Lipinski definition) is 1. The van der Waals surface area contributed by atoms with Crippen molar-refractivity contribution in [2.24, 2.45) is 0 Å². The molecule has 1 aliphatic rings. The number of aldehydes is 1. The Hall–Kier alpha value is -2.69. The smallest absolute Gasteiger partial charge is 0.258 e. The summed E-state index contributed by atoms with van der Waals surface area (Å²) in [6, 6.07) is 7.99. The molecule has 18 heavy (non-hydrogen) atoms. The molecule has 3 rings (SSSR count). The molecule has 0 saturated carbocycles. The van der Waals surface area contributed by atoms with Gasteiger partial charge in [-0.2, -0.15) is 0 Å². The Morgan fingerprint density at radius 3 is 2.50 bits per heavy atom. The Labute approximate surface area is 101 Å². The van der Waals surface area contributed by atoms with E-state index in [4.69, 9.17) is 4.42 Å². The first-order chi connectivity index (χ1) is 8.69. The summed E-state index contributed by atoms with van der Waals surface area (Å²) >= 11 is 0. The zero-order valence-electron chi connectivity index (χ0n) is 9.10. The minimum Gasteiger partial charge on any atom is -0.453 e. The Bertz CT molecular complexity index is 684. The molecule has 0 spiro atoms. The topological polar surface area (TPSA) is 76.4 Å². The Morgan fingerprint density at radius 2 is 1.78 bits per heavy atom. The van der Waals surface area contributed by atoms with Gasteiger partial charge in [0.2, 0.25) is 0 Å². The Balaban J connectivity index is 2.10. The van der Waals surface area contributed by atoms with Gasteiger partial charge >= 0.3 is 0 Å². The number of fused-ring (bicyclic) bond motifs is 1. The van der Waals surface area contributed by atoms with E-state index in [1.165, 1.54) is 0 Å². The molecule has 2 amide bonds. The maximum absolute atomic E-state index is 11.5. The Kier molecular flexibility index (Phi) is 2.13. The predicted octanol–water partition coefficient (Wildman–Crippen LogP) is 1.64. The van der Waals surface area contributed by atoms with Crippen LogP contribution in [-0.2, 0) is 0 Å². The second-order valence-corrected chi connectivity index (χ2v) is 3.86. The fourth-order valence-electron chi connectivity index (χ4n) is 1.89. The normalized spacial score (nSPS) is 13.3. The van der Waals surface area contributed by atoms with Crippen LogP contribution >= 0.6 is 0 Å². The lowest BCUT2D eigenvalue weighted by molar-refractivity contribution is 0.0879. The minimum atomic E-state index is -0.418. The summed E-state index contributed by atoms with van der Waals surface area (Å²) < 4.78 is 5.26. The summed E-state index contributed by atoms with van der Waals surface area (Å²) in [7, 11) is 0. The average molecular weight is 241 g/mol.